The summed E-state index contributed by atoms with van der Waals surface area (Å²) in [5.74, 6) is -1.59. The number of rotatable bonds is 3. The number of hydrogen-bond donors (Lipinski definition) is 1. The van der Waals surface area contributed by atoms with Crippen LogP contribution in [-0.4, -0.2) is 20.4 Å². The summed E-state index contributed by atoms with van der Waals surface area (Å²) >= 11 is 0. The molecule has 2 aromatic heterocycles. The molecule has 6 nitrogen and oxygen atoms in total. The first-order chi connectivity index (χ1) is 10.4. The Morgan fingerprint density at radius 3 is 2.36 bits per heavy atom. The number of aliphatic hydroxyl groups is 1. The molecule has 2 heterocycles. The highest BCUT2D eigenvalue weighted by Crippen LogP contribution is 2.30. The molecule has 0 bridgehead atoms. The highest BCUT2D eigenvalue weighted by molar-refractivity contribution is 5.55. The minimum absolute atomic E-state index is 0.182. The molecule has 0 saturated carbocycles. The second-order valence-electron chi connectivity index (χ2n) is 4.40. The lowest BCUT2D eigenvalue weighted by Gasteiger charge is -2.08. The van der Waals surface area contributed by atoms with E-state index in [9.17, 15) is 18.3 Å². The number of hydrogen-bond acceptors (Lipinski definition) is 6. The molecule has 1 atom stereocenters. The van der Waals surface area contributed by atoms with Crippen LogP contribution in [0.3, 0.4) is 0 Å². The van der Waals surface area contributed by atoms with Crippen molar-refractivity contribution in [3.8, 4) is 11.4 Å². The fraction of sp³-hybridized carbons (Fsp3) is 0.154. The fourth-order valence-corrected chi connectivity index (χ4v) is 1.81. The molecule has 9 heteroatoms. The van der Waals surface area contributed by atoms with Gasteiger partial charge in [-0.15, -0.1) is 0 Å². The monoisotopic (exact) mass is 311 g/mol. The van der Waals surface area contributed by atoms with Gasteiger partial charge >= 0.3 is 12.1 Å². The molecule has 0 aliphatic carbocycles. The molecule has 0 spiro atoms. The topological polar surface area (TPSA) is 85.2 Å². The summed E-state index contributed by atoms with van der Waals surface area (Å²) in [7, 11) is 0. The van der Waals surface area contributed by atoms with Crippen LogP contribution in [-0.2, 0) is 6.18 Å². The van der Waals surface area contributed by atoms with Crippen molar-refractivity contribution < 1.29 is 27.3 Å². The molecule has 1 unspecified atom stereocenters. The van der Waals surface area contributed by atoms with Crippen LogP contribution in [0.5, 0.6) is 0 Å². The average Bonchev–Trinajstić information content (AvgIpc) is 3.17. The van der Waals surface area contributed by atoms with Crippen LogP contribution in [0.15, 0.2) is 45.8 Å². The Balaban J connectivity index is 1.84. The Morgan fingerprint density at radius 1 is 1.09 bits per heavy atom. The molecule has 0 amide bonds. The molecular formula is C13H8F3N3O3. The predicted molar refractivity (Wildman–Crippen MR) is 65.3 cm³/mol. The minimum atomic E-state index is -4.68. The van der Waals surface area contributed by atoms with E-state index in [0.29, 0.717) is 16.7 Å². The lowest BCUT2D eigenvalue weighted by atomic mass is 10.0. The van der Waals surface area contributed by atoms with Gasteiger partial charge in [-0.25, -0.2) is 0 Å². The molecule has 0 fully saturated rings. The van der Waals surface area contributed by atoms with Gasteiger partial charge in [-0.05, 0) is 5.56 Å². The van der Waals surface area contributed by atoms with Gasteiger partial charge in [-0.3, -0.25) is 0 Å². The van der Waals surface area contributed by atoms with Crippen LogP contribution in [0.25, 0.3) is 11.4 Å². The molecule has 3 aromatic rings. The third-order valence-corrected chi connectivity index (χ3v) is 2.92. The predicted octanol–water partition coefficient (Wildman–Crippen LogP) is 2.83. The van der Waals surface area contributed by atoms with Crippen molar-refractivity contribution in [3.63, 3.8) is 0 Å². The van der Waals surface area contributed by atoms with E-state index < -0.39 is 18.2 Å². The largest absolute Gasteiger partial charge is 0.471 e. The molecule has 0 aliphatic heterocycles. The van der Waals surface area contributed by atoms with E-state index in [-0.39, 0.29) is 5.82 Å². The van der Waals surface area contributed by atoms with E-state index in [4.69, 9.17) is 0 Å². The molecule has 0 saturated heterocycles. The maximum Gasteiger partial charge on any atom is 0.471 e. The average molecular weight is 311 g/mol. The summed E-state index contributed by atoms with van der Waals surface area (Å²) in [6.07, 6.45) is -2.97. The van der Waals surface area contributed by atoms with Crippen molar-refractivity contribution in [1.29, 1.82) is 0 Å². The van der Waals surface area contributed by atoms with Crippen LogP contribution in [0.4, 0.5) is 13.2 Å². The third kappa shape index (κ3) is 2.70. The quantitative estimate of drug-likeness (QED) is 0.800. The summed E-state index contributed by atoms with van der Waals surface area (Å²) in [5, 5.41) is 16.8. The van der Waals surface area contributed by atoms with Gasteiger partial charge in [0.1, 0.15) is 12.4 Å². The summed E-state index contributed by atoms with van der Waals surface area (Å²) in [6, 6.07) is 6.04. The third-order valence-electron chi connectivity index (χ3n) is 2.92. The van der Waals surface area contributed by atoms with Gasteiger partial charge in [0.2, 0.25) is 5.82 Å². The van der Waals surface area contributed by atoms with Crippen molar-refractivity contribution >= 4 is 0 Å². The highest BCUT2D eigenvalue weighted by Gasteiger charge is 2.38. The van der Waals surface area contributed by atoms with Gasteiger partial charge in [0.05, 0.1) is 6.20 Å². The lowest BCUT2D eigenvalue weighted by molar-refractivity contribution is -0.159. The molecule has 1 N–H and O–H groups in total. The Bertz CT molecular complexity index is 751. The Morgan fingerprint density at radius 2 is 1.82 bits per heavy atom. The van der Waals surface area contributed by atoms with Gasteiger partial charge < -0.3 is 14.2 Å². The van der Waals surface area contributed by atoms with Crippen molar-refractivity contribution in [2.45, 2.75) is 12.3 Å². The summed E-state index contributed by atoms with van der Waals surface area (Å²) in [5.41, 5.74) is 1.32. The number of nitrogens with zero attached hydrogens (tertiary/aromatic N) is 3. The zero-order valence-electron chi connectivity index (χ0n) is 10.8. The highest BCUT2D eigenvalue weighted by atomic mass is 19.4. The zero-order chi connectivity index (χ0) is 15.7. The molecule has 3 rings (SSSR count). The van der Waals surface area contributed by atoms with Crippen molar-refractivity contribution in [2.24, 2.45) is 0 Å². The Kier molecular flexibility index (Phi) is 3.41. The second kappa shape index (κ2) is 5.26. The molecule has 1 aromatic carbocycles. The maximum atomic E-state index is 12.4. The van der Waals surface area contributed by atoms with E-state index in [1.807, 2.05) is 0 Å². The summed E-state index contributed by atoms with van der Waals surface area (Å²) in [4.78, 5) is 3.29. The summed E-state index contributed by atoms with van der Waals surface area (Å²) in [6.45, 7) is 0. The molecule has 114 valence electrons. The minimum Gasteiger partial charge on any atom is -0.383 e. The van der Waals surface area contributed by atoms with Crippen LogP contribution < -0.4 is 0 Å². The molecular weight excluding hydrogens is 303 g/mol. The van der Waals surface area contributed by atoms with E-state index in [2.05, 4.69) is 24.3 Å². The molecule has 0 aliphatic rings. The SMILES string of the molecule is OC(c1ccc(-c2noc(C(F)(F)F)n2)cc1)c1cnoc1. The molecule has 0 radical (unpaired) electrons. The normalized spacial score (nSPS) is 13.3. The van der Waals surface area contributed by atoms with Crippen molar-refractivity contribution in [1.82, 2.24) is 15.3 Å². The smallest absolute Gasteiger partial charge is 0.383 e. The maximum absolute atomic E-state index is 12.4. The standard InChI is InChI=1S/C13H8F3N3O3/c14-13(15,16)12-18-11(19-22-12)8-3-1-7(2-4-8)10(20)9-5-17-21-6-9/h1-6,10,20H. The first-order valence-electron chi connectivity index (χ1n) is 6.04. The van der Waals surface area contributed by atoms with E-state index in [1.165, 1.54) is 36.7 Å². The first-order valence-corrected chi connectivity index (χ1v) is 6.04. The van der Waals surface area contributed by atoms with Gasteiger partial charge in [-0.1, -0.05) is 34.6 Å². The van der Waals surface area contributed by atoms with Crippen molar-refractivity contribution in [2.75, 3.05) is 0 Å². The second-order valence-corrected chi connectivity index (χ2v) is 4.40. The van der Waals surface area contributed by atoms with E-state index >= 15 is 0 Å². The number of halogens is 3. The zero-order valence-corrected chi connectivity index (χ0v) is 10.8. The number of alkyl halides is 3. The number of benzene rings is 1. The molecule has 22 heavy (non-hydrogen) atoms. The van der Waals surface area contributed by atoms with Crippen LogP contribution >= 0.6 is 0 Å². The fourth-order valence-electron chi connectivity index (χ4n) is 1.81. The van der Waals surface area contributed by atoms with E-state index in [0.717, 1.165) is 0 Å². The van der Waals surface area contributed by atoms with Crippen LogP contribution in [0, 0.1) is 0 Å². The summed E-state index contributed by atoms with van der Waals surface area (Å²) < 4.78 is 46.0. The first kappa shape index (κ1) is 14.3. The van der Waals surface area contributed by atoms with Gasteiger partial charge in [-0.2, -0.15) is 18.2 Å². The lowest BCUT2D eigenvalue weighted by Crippen LogP contribution is -2.04. The van der Waals surface area contributed by atoms with Crippen LogP contribution in [0.2, 0.25) is 0 Å². The van der Waals surface area contributed by atoms with Gasteiger partial charge in [0, 0.05) is 11.1 Å². The van der Waals surface area contributed by atoms with Crippen molar-refractivity contribution in [3.05, 3.63) is 53.7 Å². The van der Waals surface area contributed by atoms with E-state index in [1.54, 1.807) is 0 Å². The Labute approximate surface area is 121 Å². The number of aromatic nitrogens is 3. The van der Waals surface area contributed by atoms with Gasteiger partial charge in [0.15, 0.2) is 0 Å². The number of aliphatic hydroxyl groups excluding tert-OH is 1. The van der Waals surface area contributed by atoms with Crippen LogP contribution in [0.1, 0.15) is 23.1 Å². The van der Waals surface area contributed by atoms with Gasteiger partial charge in [0.25, 0.3) is 0 Å². The Hall–Kier alpha value is -2.68.